The van der Waals surface area contributed by atoms with Gasteiger partial charge in [0.25, 0.3) is 0 Å². The molecule has 0 spiro atoms. The van der Waals surface area contributed by atoms with Crippen molar-refractivity contribution in [3.8, 4) is 22.5 Å². The molecular weight excluding hydrogens is 291 g/mol. The van der Waals surface area contributed by atoms with Crippen LogP contribution in [0, 0.1) is 6.92 Å². The van der Waals surface area contributed by atoms with Gasteiger partial charge in [-0.2, -0.15) is 18.3 Å². The van der Waals surface area contributed by atoms with Crippen molar-refractivity contribution in [3.05, 3.63) is 59.9 Å². The van der Waals surface area contributed by atoms with Gasteiger partial charge in [0.15, 0.2) is 5.82 Å². The van der Waals surface area contributed by atoms with Crippen molar-refractivity contribution in [2.45, 2.75) is 13.1 Å². The third-order valence-corrected chi connectivity index (χ3v) is 3.34. The fourth-order valence-corrected chi connectivity index (χ4v) is 2.32. The molecule has 0 fully saturated rings. The van der Waals surface area contributed by atoms with Gasteiger partial charge < -0.3 is 0 Å². The second-order valence-corrected chi connectivity index (χ2v) is 4.96. The zero-order valence-electron chi connectivity index (χ0n) is 11.6. The molecule has 1 aromatic heterocycles. The highest BCUT2D eigenvalue weighted by atomic mass is 19.4. The molecule has 3 aromatic rings. The number of benzene rings is 2. The Morgan fingerprint density at radius 3 is 2.45 bits per heavy atom. The molecule has 1 N–H and O–H groups in total. The topological polar surface area (TPSA) is 41.6 Å². The van der Waals surface area contributed by atoms with Crippen LogP contribution in [0.25, 0.3) is 22.5 Å². The van der Waals surface area contributed by atoms with Gasteiger partial charge in [0.2, 0.25) is 0 Å². The van der Waals surface area contributed by atoms with E-state index < -0.39 is 11.7 Å². The summed E-state index contributed by atoms with van der Waals surface area (Å²) in [5.74, 6) is 0.516. The first kappa shape index (κ1) is 14.3. The average Bonchev–Trinajstić information content (AvgIpc) is 3.01. The molecule has 6 heteroatoms. The van der Waals surface area contributed by atoms with E-state index in [1.54, 1.807) is 37.3 Å². The second kappa shape index (κ2) is 5.29. The van der Waals surface area contributed by atoms with Crippen LogP contribution in [-0.2, 0) is 6.18 Å². The van der Waals surface area contributed by atoms with E-state index in [0.717, 1.165) is 6.07 Å². The number of hydrogen-bond donors (Lipinski definition) is 1. The Labute approximate surface area is 124 Å². The number of alkyl halides is 3. The van der Waals surface area contributed by atoms with Crippen molar-refractivity contribution >= 4 is 0 Å². The Morgan fingerprint density at radius 1 is 1.00 bits per heavy atom. The Bertz CT molecular complexity index is 793. The normalized spacial score (nSPS) is 11.6. The van der Waals surface area contributed by atoms with Gasteiger partial charge in [0, 0.05) is 5.56 Å². The Hall–Kier alpha value is -2.63. The maximum absolute atomic E-state index is 13.3. The molecule has 3 nitrogen and oxygen atoms in total. The van der Waals surface area contributed by atoms with Crippen LogP contribution in [0.5, 0.6) is 0 Å². The fraction of sp³-hybridized carbons (Fsp3) is 0.125. The lowest BCUT2D eigenvalue weighted by Gasteiger charge is -2.14. The van der Waals surface area contributed by atoms with E-state index in [1.807, 2.05) is 0 Å². The van der Waals surface area contributed by atoms with Gasteiger partial charge in [-0.1, -0.05) is 35.9 Å². The van der Waals surface area contributed by atoms with Crippen molar-refractivity contribution < 1.29 is 13.2 Å². The van der Waals surface area contributed by atoms with Gasteiger partial charge in [-0.3, -0.25) is 5.10 Å². The quantitative estimate of drug-likeness (QED) is 0.759. The molecule has 0 atom stereocenters. The van der Waals surface area contributed by atoms with Crippen LogP contribution in [0.2, 0.25) is 0 Å². The number of nitrogens with one attached hydrogen (secondary N) is 1. The van der Waals surface area contributed by atoms with Crippen LogP contribution in [-0.4, -0.2) is 15.2 Å². The maximum Gasteiger partial charge on any atom is 0.417 e. The number of hydrogen-bond acceptors (Lipinski definition) is 2. The summed E-state index contributed by atoms with van der Waals surface area (Å²) in [5, 5.41) is 6.46. The maximum atomic E-state index is 13.3. The van der Waals surface area contributed by atoms with E-state index in [9.17, 15) is 13.2 Å². The summed E-state index contributed by atoms with van der Waals surface area (Å²) in [5.41, 5.74) is 1.26. The van der Waals surface area contributed by atoms with Crippen molar-refractivity contribution in [3.63, 3.8) is 0 Å². The monoisotopic (exact) mass is 303 g/mol. The SMILES string of the molecule is Cc1ccc(-c2cccc(-c3ncn[nH]3)c2)c(C(F)(F)F)c1. The van der Waals surface area contributed by atoms with E-state index in [-0.39, 0.29) is 5.56 Å². The molecule has 0 amide bonds. The van der Waals surface area contributed by atoms with Crippen LogP contribution in [0.15, 0.2) is 48.8 Å². The Morgan fingerprint density at radius 2 is 1.77 bits per heavy atom. The second-order valence-electron chi connectivity index (χ2n) is 4.96. The van der Waals surface area contributed by atoms with Crippen LogP contribution in [0.3, 0.4) is 0 Å². The first-order valence-corrected chi connectivity index (χ1v) is 6.59. The first-order chi connectivity index (χ1) is 10.4. The van der Waals surface area contributed by atoms with E-state index in [1.165, 1.54) is 12.4 Å². The van der Waals surface area contributed by atoms with Crippen LogP contribution >= 0.6 is 0 Å². The molecule has 0 saturated heterocycles. The molecule has 2 aromatic carbocycles. The van der Waals surface area contributed by atoms with E-state index in [2.05, 4.69) is 15.2 Å². The van der Waals surface area contributed by atoms with Gasteiger partial charge in [-0.25, -0.2) is 4.98 Å². The Balaban J connectivity index is 2.14. The predicted molar refractivity (Wildman–Crippen MR) is 77.0 cm³/mol. The molecule has 112 valence electrons. The molecule has 3 rings (SSSR count). The highest BCUT2D eigenvalue weighted by molar-refractivity contribution is 5.73. The summed E-state index contributed by atoms with van der Waals surface area (Å²) in [4.78, 5) is 4.02. The summed E-state index contributed by atoms with van der Waals surface area (Å²) in [7, 11) is 0. The standard InChI is InChI=1S/C16H12F3N3/c1-10-5-6-13(14(7-10)16(17,18)19)11-3-2-4-12(8-11)15-20-9-21-22-15/h2-9H,1H3,(H,20,21,22). The van der Waals surface area contributed by atoms with E-state index in [0.29, 0.717) is 22.5 Å². The molecule has 0 bridgehead atoms. The van der Waals surface area contributed by atoms with Crippen LogP contribution in [0.4, 0.5) is 13.2 Å². The number of aryl methyl sites for hydroxylation is 1. The minimum Gasteiger partial charge on any atom is -0.259 e. The van der Waals surface area contributed by atoms with E-state index >= 15 is 0 Å². The minimum absolute atomic E-state index is 0.152. The third-order valence-electron chi connectivity index (χ3n) is 3.34. The lowest BCUT2D eigenvalue weighted by molar-refractivity contribution is -0.137. The lowest BCUT2D eigenvalue weighted by atomic mass is 9.96. The van der Waals surface area contributed by atoms with Gasteiger partial charge in [0.05, 0.1) is 5.56 Å². The van der Waals surface area contributed by atoms with E-state index in [4.69, 9.17) is 0 Å². The highest BCUT2D eigenvalue weighted by Crippen LogP contribution is 2.38. The van der Waals surface area contributed by atoms with Crippen molar-refractivity contribution in [2.24, 2.45) is 0 Å². The Kier molecular flexibility index (Phi) is 3.44. The van der Waals surface area contributed by atoms with Crippen molar-refractivity contribution in [1.29, 1.82) is 0 Å². The molecule has 0 aliphatic carbocycles. The molecule has 0 radical (unpaired) electrons. The van der Waals surface area contributed by atoms with Gasteiger partial charge in [0.1, 0.15) is 6.33 Å². The molecule has 0 unspecified atom stereocenters. The molecular formula is C16H12F3N3. The number of nitrogens with zero attached hydrogens (tertiary/aromatic N) is 2. The highest BCUT2D eigenvalue weighted by Gasteiger charge is 2.33. The summed E-state index contributed by atoms with van der Waals surface area (Å²) in [6.45, 7) is 1.64. The zero-order valence-corrected chi connectivity index (χ0v) is 11.6. The minimum atomic E-state index is -4.40. The van der Waals surface area contributed by atoms with Crippen LogP contribution < -0.4 is 0 Å². The summed E-state index contributed by atoms with van der Waals surface area (Å²) >= 11 is 0. The average molecular weight is 303 g/mol. The molecule has 0 aliphatic rings. The van der Waals surface area contributed by atoms with Gasteiger partial charge in [-0.15, -0.1) is 0 Å². The number of halogens is 3. The van der Waals surface area contributed by atoms with Gasteiger partial charge >= 0.3 is 6.18 Å². The first-order valence-electron chi connectivity index (χ1n) is 6.59. The summed E-state index contributed by atoms with van der Waals surface area (Å²) < 4.78 is 39.8. The van der Waals surface area contributed by atoms with Crippen LogP contribution in [0.1, 0.15) is 11.1 Å². The largest absolute Gasteiger partial charge is 0.417 e. The number of H-pyrrole nitrogens is 1. The fourth-order valence-electron chi connectivity index (χ4n) is 2.32. The molecule has 0 aliphatic heterocycles. The molecule has 22 heavy (non-hydrogen) atoms. The molecule has 1 heterocycles. The summed E-state index contributed by atoms with van der Waals surface area (Å²) in [6.07, 6.45) is -3.04. The van der Waals surface area contributed by atoms with Gasteiger partial charge in [-0.05, 0) is 30.2 Å². The number of rotatable bonds is 2. The lowest BCUT2D eigenvalue weighted by Crippen LogP contribution is -2.07. The number of aromatic amines is 1. The molecule has 0 saturated carbocycles. The summed E-state index contributed by atoms with van der Waals surface area (Å²) in [6, 6.07) is 11.1. The predicted octanol–water partition coefficient (Wildman–Crippen LogP) is 4.47. The van der Waals surface area contributed by atoms with Crippen molar-refractivity contribution in [1.82, 2.24) is 15.2 Å². The van der Waals surface area contributed by atoms with Crippen molar-refractivity contribution in [2.75, 3.05) is 0 Å². The zero-order chi connectivity index (χ0) is 15.7. The smallest absolute Gasteiger partial charge is 0.259 e. The number of aromatic nitrogens is 3. The third kappa shape index (κ3) is 2.72.